The molecule has 1 amide bonds. The van der Waals surface area contributed by atoms with Gasteiger partial charge in [0.15, 0.2) is 0 Å². The second kappa shape index (κ2) is 5.57. The lowest BCUT2D eigenvalue weighted by Crippen LogP contribution is -2.48. The number of benzene rings is 1. The summed E-state index contributed by atoms with van der Waals surface area (Å²) in [6.45, 7) is 7.82. The normalized spacial score (nSPS) is 20.8. The summed E-state index contributed by atoms with van der Waals surface area (Å²) < 4.78 is 0. The molecule has 1 atom stereocenters. The number of aryl methyl sites for hydroxylation is 2. The molecule has 0 aromatic heterocycles. The molecule has 1 saturated carbocycles. The Morgan fingerprint density at radius 2 is 1.95 bits per heavy atom. The molecule has 0 bridgehead atoms. The average Bonchev–Trinajstić information content (AvgIpc) is 3.27. The fourth-order valence-electron chi connectivity index (χ4n) is 3.27. The second-order valence-electron chi connectivity index (χ2n) is 6.25. The van der Waals surface area contributed by atoms with Gasteiger partial charge in [-0.25, -0.2) is 0 Å². The number of rotatable bonds is 3. The first kappa shape index (κ1) is 13.6. The summed E-state index contributed by atoms with van der Waals surface area (Å²) >= 11 is 0. The molecule has 0 radical (unpaired) electrons. The lowest BCUT2D eigenvalue weighted by Gasteiger charge is -2.31. The van der Waals surface area contributed by atoms with Crippen LogP contribution in [0, 0.1) is 19.8 Å². The summed E-state index contributed by atoms with van der Waals surface area (Å²) in [5.74, 6) is 1.01. The van der Waals surface area contributed by atoms with Crippen LogP contribution in [0.25, 0.3) is 0 Å². The fraction of sp³-hybridized carbons (Fsp3) is 0.588. The standard InChI is InChI=1S/C17H24N2O/c1-12-3-6-15(13(2)11-12)16(14-4-5-14)17(20)19-9-7-18-8-10-19/h3,6,11,14,16,18H,4-5,7-10H2,1-2H3. The van der Waals surface area contributed by atoms with Gasteiger partial charge in [-0.2, -0.15) is 0 Å². The number of hydrogen-bond donors (Lipinski definition) is 1. The molecule has 1 aromatic rings. The highest BCUT2D eigenvalue weighted by Gasteiger charge is 2.40. The molecule has 3 rings (SSSR count). The molecule has 20 heavy (non-hydrogen) atoms. The Kier molecular flexibility index (Phi) is 3.79. The number of nitrogens with zero attached hydrogens (tertiary/aromatic N) is 1. The Morgan fingerprint density at radius 3 is 2.55 bits per heavy atom. The van der Waals surface area contributed by atoms with Crippen LogP contribution in [0.1, 0.15) is 35.4 Å². The van der Waals surface area contributed by atoms with Gasteiger partial charge < -0.3 is 10.2 Å². The molecule has 1 aromatic carbocycles. The maximum Gasteiger partial charge on any atom is 0.230 e. The van der Waals surface area contributed by atoms with Gasteiger partial charge in [0.05, 0.1) is 5.92 Å². The summed E-state index contributed by atoms with van der Waals surface area (Å²) in [6.07, 6.45) is 2.41. The van der Waals surface area contributed by atoms with Gasteiger partial charge in [-0.3, -0.25) is 4.79 Å². The Bertz CT molecular complexity index is 502. The van der Waals surface area contributed by atoms with Crippen LogP contribution in [0.4, 0.5) is 0 Å². The van der Waals surface area contributed by atoms with E-state index in [0.29, 0.717) is 11.8 Å². The van der Waals surface area contributed by atoms with Crippen LogP contribution in [0.15, 0.2) is 18.2 Å². The zero-order valence-electron chi connectivity index (χ0n) is 12.5. The van der Waals surface area contributed by atoms with E-state index in [9.17, 15) is 4.79 Å². The predicted octanol–water partition coefficient (Wildman–Crippen LogP) is 2.23. The first-order valence-corrected chi connectivity index (χ1v) is 7.73. The highest BCUT2D eigenvalue weighted by molar-refractivity contribution is 5.85. The van der Waals surface area contributed by atoms with Crippen molar-refractivity contribution in [3.63, 3.8) is 0 Å². The first-order chi connectivity index (χ1) is 9.66. The summed E-state index contributed by atoms with van der Waals surface area (Å²) in [5.41, 5.74) is 3.79. The Morgan fingerprint density at radius 1 is 1.25 bits per heavy atom. The summed E-state index contributed by atoms with van der Waals surface area (Å²) in [7, 11) is 0. The van der Waals surface area contributed by atoms with Crippen LogP contribution >= 0.6 is 0 Å². The van der Waals surface area contributed by atoms with Crippen LogP contribution < -0.4 is 5.32 Å². The number of carbonyl (C=O) groups is 1. The van der Waals surface area contributed by atoms with Crippen LogP contribution in [0.5, 0.6) is 0 Å². The number of piperazine rings is 1. The molecule has 2 fully saturated rings. The fourth-order valence-corrected chi connectivity index (χ4v) is 3.27. The van der Waals surface area contributed by atoms with Crippen molar-refractivity contribution in [2.24, 2.45) is 5.92 Å². The molecule has 2 aliphatic rings. The summed E-state index contributed by atoms with van der Waals surface area (Å²) in [5, 5.41) is 3.32. The van der Waals surface area contributed by atoms with Gasteiger partial charge in [0.1, 0.15) is 0 Å². The highest BCUT2D eigenvalue weighted by atomic mass is 16.2. The molecule has 1 aliphatic carbocycles. The molecule has 1 saturated heterocycles. The van der Waals surface area contributed by atoms with Gasteiger partial charge in [0.25, 0.3) is 0 Å². The van der Waals surface area contributed by atoms with E-state index in [-0.39, 0.29) is 5.92 Å². The third-order valence-electron chi connectivity index (χ3n) is 4.55. The van der Waals surface area contributed by atoms with Crippen molar-refractivity contribution in [2.45, 2.75) is 32.6 Å². The lowest BCUT2D eigenvalue weighted by atomic mass is 9.88. The van der Waals surface area contributed by atoms with Crippen LogP contribution in [-0.2, 0) is 4.79 Å². The van der Waals surface area contributed by atoms with E-state index in [1.54, 1.807) is 0 Å². The molecule has 108 valence electrons. The third kappa shape index (κ3) is 2.73. The molecular weight excluding hydrogens is 248 g/mol. The van der Waals surface area contributed by atoms with E-state index < -0.39 is 0 Å². The Hall–Kier alpha value is -1.35. The van der Waals surface area contributed by atoms with E-state index >= 15 is 0 Å². The molecule has 0 spiro atoms. The number of amides is 1. The summed E-state index contributed by atoms with van der Waals surface area (Å²) in [4.78, 5) is 15.0. The topological polar surface area (TPSA) is 32.3 Å². The quantitative estimate of drug-likeness (QED) is 0.915. The third-order valence-corrected chi connectivity index (χ3v) is 4.55. The van der Waals surface area contributed by atoms with Crippen molar-refractivity contribution in [1.29, 1.82) is 0 Å². The van der Waals surface area contributed by atoms with Gasteiger partial charge >= 0.3 is 0 Å². The van der Waals surface area contributed by atoms with Crippen LogP contribution in [-0.4, -0.2) is 37.0 Å². The molecule has 1 unspecified atom stereocenters. The predicted molar refractivity (Wildman–Crippen MR) is 80.8 cm³/mol. The SMILES string of the molecule is Cc1ccc(C(C(=O)N2CCNCC2)C2CC2)c(C)c1. The van der Waals surface area contributed by atoms with Crippen molar-refractivity contribution in [3.05, 3.63) is 34.9 Å². The van der Waals surface area contributed by atoms with E-state index in [2.05, 4.69) is 42.3 Å². The van der Waals surface area contributed by atoms with Crippen molar-refractivity contribution in [1.82, 2.24) is 10.2 Å². The Labute approximate surface area is 121 Å². The van der Waals surface area contributed by atoms with Gasteiger partial charge in [0.2, 0.25) is 5.91 Å². The van der Waals surface area contributed by atoms with Gasteiger partial charge in [0, 0.05) is 26.2 Å². The highest BCUT2D eigenvalue weighted by Crippen LogP contribution is 2.44. The number of hydrogen-bond acceptors (Lipinski definition) is 2. The van der Waals surface area contributed by atoms with Crippen molar-refractivity contribution < 1.29 is 4.79 Å². The molecule has 1 aliphatic heterocycles. The monoisotopic (exact) mass is 272 g/mol. The van der Waals surface area contributed by atoms with Crippen molar-refractivity contribution >= 4 is 5.91 Å². The van der Waals surface area contributed by atoms with Gasteiger partial charge in [-0.15, -0.1) is 0 Å². The van der Waals surface area contributed by atoms with Gasteiger partial charge in [-0.05, 0) is 43.7 Å². The van der Waals surface area contributed by atoms with Crippen molar-refractivity contribution in [2.75, 3.05) is 26.2 Å². The zero-order valence-corrected chi connectivity index (χ0v) is 12.5. The molecule has 3 heteroatoms. The molecular formula is C17H24N2O. The smallest absolute Gasteiger partial charge is 0.230 e. The Balaban J connectivity index is 1.86. The van der Waals surface area contributed by atoms with E-state index in [1.807, 2.05) is 0 Å². The van der Waals surface area contributed by atoms with E-state index in [4.69, 9.17) is 0 Å². The minimum absolute atomic E-state index is 0.0914. The number of carbonyl (C=O) groups excluding carboxylic acids is 1. The largest absolute Gasteiger partial charge is 0.340 e. The second-order valence-corrected chi connectivity index (χ2v) is 6.25. The maximum atomic E-state index is 12.9. The van der Waals surface area contributed by atoms with Gasteiger partial charge in [-0.1, -0.05) is 23.8 Å². The molecule has 1 heterocycles. The van der Waals surface area contributed by atoms with Crippen LogP contribution in [0.2, 0.25) is 0 Å². The molecule has 1 N–H and O–H groups in total. The average molecular weight is 272 g/mol. The lowest BCUT2D eigenvalue weighted by molar-refractivity contribution is -0.133. The minimum atomic E-state index is 0.0914. The zero-order chi connectivity index (χ0) is 14.1. The maximum absolute atomic E-state index is 12.9. The minimum Gasteiger partial charge on any atom is -0.340 e. The van der Waals surface area contributed by atoms with Crippen molar-refractivity contribution in [3.8, 4) is 0 Å². The first-order valence-electron chi connectivity index (χ1n) is 7.73. The van der Waals surface area contributed by atoms with E-state index in [1.165, 1.54) is 29.5 Å². The number of nitrogens with one attached hydrogen (secondary N) is 1. The van der Waals surface area contributed by atoms with E-state index in [0.717, 1.165) is 26.2 Å². The van der Waals surface area contributed by atoms with Crippen LogP contribution in [0.3, 0.4) is 0 Å². The summed E-state index contributed by atoms with van der Waals surface area (Å²) in [6, 6.07) is 6.52. The molecule has 3 nitrogen and oxygen atoms in total.